The van der Waals surface area contributed by atoms with E-state index in [1.807, 2.05) is 48.5 Å². The lowest BCUT2D eigenvalue weighted by molar-refractivity contribution is 0.0937. The Morgan fingerprint density at radius 3 is 2.61 bits per heavy atom. The van der Waals surface area contributed by atoms with Crippen LogP contribution in [0.5, 0.6) is 0 Å². The molecule has 0 fully saturated rings. The highest BCUT2D eigenvalue weighted by Crippen LogP contribution is 2.25. The van der Waals surface area contributed by atoms with Gasteiger partial charge in [0.15, 0.2) is 5.69 Å². The summed E-state index contributed by atoms with van der Waals surface area (Å²) in [6.07, 6.45) is 3.21. The number of rotatable bonds is 5. The van der Waals surface area contributed by atoms with Gasteiger partial charge in [0.1, 0.15) is 11.5 Å². The molecule has 0 aliphatic rings. The predicted molar refractivity (Wildman–Crippen MR) is 115 cm³/mol. The number of carbonyl (C=O) groups is 1. The summed E-state index contributed by atoms with van der Waals surface area (Å²) >= 11 is 0. The van der Waals surface area contributed by atoms with Gasteiger partial charge in [-0.25, -0.2) is 14.1 Å². The van der Waals surface area contributed by atoms with Crippen LogP contribution in [0.15, 0.2) is 91.4 Å². The van der Waals surface area contributed by atoms with E-state index in [9.17, 15) is 9.18 Å². The number of benzene rings is 3. The maximum atomic E-state index is 14.1. The topological polar surface area (TPSA) is 75.6 Å². The summed E-state index contributed by atoms with van der Waals surface area (Å²) in [4.78, 5) is 20.4. The van der Waals surface area contributed by atoms with Gasteiger partial charge in [-0.1, -0.05) is 48.5 Å². The van der Waals surface area contributed by atoms with Gasteiger partial charge in [-0.15, -0.1) is 0 Å². The van der Waals surface area contributed by atoms with E-state index in [1.54, 1.807) is 36.8 Å². The van der Waals surface area contributed by atoms with E-state index in [4.69, 9.17) is 0 Å². The third-order valence-electron chi connectivity index (χ3n) is 5.11. The summed E-state index contributed by atoms with van der Waals surface area (Å²) in [6.45, 7) is 0. The van der Waals surface area contributed by atoms with Crippen molar-refractivity contribution in [3.05, 3.63) is 114 Å². The van der Waals surface area contributed by atoms with E-state index in [0.717, 1.165) is 22.2 Å². The van der Waals surface area contributed by atoms with Crippen molar-refractivity contribution in [3.8, 4) is 5.69 Å². The van der Waals surface area contributed by atoms with Crippen molar-refractivity contribution in [2.75, 3.05) is 0 Å². The Kier molecular flexibility index (Phi) is 4.76. The Hall–Kier alpha value is -4.26. The maximum absolute atomic E-state index is 14.1. The van der Waals surface area contributed by atoms with Crippen LogP contribution < -0.4 is 5.32 Å². The van der Waals surface area contributed by atoms with Crippen LogP contribution in [0, 0.1) is 5.82 Å². The molecule has 3 aromatic carbocycles. The molecule has 0 radical (unpaired) electrons. The largest absolute Gasteiger partial charge is 0.345 e. The Labute approximate surface area is 177 Å². The molecule has 7 heteroatoms. The normalized spacial score (nSPS) is 12.0. The SMILES string of the molecule is O=C(NC(c1ccccc1)c1ccc2nc[nH]c2c1)c1ccn(-c2ccccc2F)n1. The molecule has 6 nitrogen and oxygen atoms in total. The second-order valence-corrected chi connectivity index (χ2v) is 7.09. The Balaban J connectivity index is 1.47. The van der Waals surface area contributed by atoms with E-state index in [0.29, 0.717) is 0 Å². The van der Waals surface area contributed by atoms with Crippen LogP contribution in [-0.4, -0.2) is 25.7 Å². The molecule has 5 aromatic rings. The van der Waals surface area contributed by atoms with Gasteiger partial charge >= 0.3 is 0 Å². The second kappa shape index (κ2) is 7.87. The van der Waals surface area contributed by atoms with E-state index in [2.05, 4.69) is 20.4 Å². The molecule has 0 spiro atoms. The molecule has 2 N–H and O–H groups in total. The third kappa shape index (κ3) is 3.69. The minimum Gasteiger partial charge on any atom is -0.345 e. The van der Waals surface area contributed by atoms with E-state index < -0.39 is 5.82 Å². The molecule has 1 atom stereocenters. The first-order valence-electron chi connectivity index (χ1n) is 9.78. The first-order chi connectivity index (χ1) is 15.2. The van der Waals surface area contributed by atoms with Crippen LogP contribution in [0.1, 0.15) is 27.7 Å². The number of carbonyl (C=O) groups excluding carboxylic acids is 1. The number of imidazole rings is 1. The van der Waals surface area contributed by atoms with Gasteiger partial charge in [0, 0.05) is 6.20 Å². The number of amides is 1. The highest BCUT2D eigenvalue weighted by atomic mass is 19.1. The number of fused-ring (bicyclic) bond motifs is 1. The number of hydrogen-bond acceptors (Lipinski definition) is 3. The zero-order chi connectivity index (χ0) is 21.2. The number of hydrogen-bond donors (Lipinski definition) is 2. The van der Waals surface area contributed by atoms with Crippen molar-refractivity contribution in [3.63, 3.8) is 0 Å². The molecule has 2 heterocycles. The van der Waals surface area contributed by atoms with Crippen molar-refractivity contribution in [1.29, 1.82) is 0 Å². The molecule has 2 aromatic heterocycles. The number of H-pyrrole nitrogens is 1. The monoisotopic (exact) mass is 411 g/mol. The fraction of sp³-hybridized carbons (Fsp3) is 0.0417. The van der Waals surface area contributed by atoms with E-state index in [1.165, 1.54) is 10.7 Å². The van der Waals surface area contributed by atoms with Crippen molar-refractivity contribution in [1.82, 2.24) is 25.1 Å². The van der Waals surface area contributed by atoms with Crippen LogP contribution in [0.3, 0.4) is 0 Å². The first kappa shape index (κ1) is 18.7. The molecule has 152 valence electrons. The van der Waals surface area contributed by atoms with Crippen molar-refractivity contribution < 1.29 is 9.18 Å². The van der Waals surface area contributed by atoms with Gasteiger partial charge in [0.05, 0.1) is 23.4 Å². The van der Waals surface area contributed by atoms with Crippen LogP contribution in [0.25, 0.3) is 16.7 Å². The molecular formula is C24H18FN5O. The Morgan fingerprint density at radius 1 is 0.968 bits per heavy atom. The van der Waals surface area contributed by atoms with Gasteiger partial charge in [0.2, 0.25) is 0 Å². The Bertz CT molecular complexity index is 1360. The van der Waals surface area contributed by atoms with Crippen LogP contribution in [0.2, 0.25) is 0 Å². The summed E-state index contributed by atoms with van der Waals surface area (Å²) in [5, 5.41) is 7.33. The summed E-state index contributed by atoms with van der Waals surface area (Å²) in [6, 6.07) is 23.0. The van der Waals surface area contributed by atoms with Crippen LogP contribution in [0.4, 0.5) is 4.39 Å². The fourth-order valence-corrected chi connectivity index (χ4v) is 3.56. The predicted octanol–water partition coefficient (Wildman–Crippen LogP) is 4.41. The molecule has 0 aliphatic carbocycles. The number of halogens is 1. The smallest absolute Gasteiger partial charge is 0.272 e. The van der Waals surface area contributed by atoms with Crippen molar-refractivity contribution in [2.45, 2.75) is 6.04 Å². The van der Waals surface area contributed by atoms with Gasteiger partial charge < -0.3 is 10.3 Å². The highest BCUT2D eigenvalue weighted by molar-refractivity contribution is 5.93. The minimum atomic E-state index is -0.410. The molecule has 1 unspecified atom stereocenters. The quantitative estimate of drug-likeness (QED) is 0.450. The van der Waals surface area contributed by atoms with Gasteiger partial charge in [-0.05, 0) is 41.5 Å². The molecular weight excluding hydrogens is 393 g/mol. The number of nitrogens with one attached hydrogen (secondary N) is 2. The average Bonchev–Trinajstić information content (AvgIpc) is 3.47. The van der Waals surface area contributed by atoms with E-state index in [-0.39, 0.29) is 23.3 Å². The number of aromatic amines is 1. The van der Waals surface area contributed by atoms with Gasteiger partial charge in [-0.2, -0.15) is 5.10 Å². The van der Waals surface area contributed by atoms with Crippen LogP contribution in [-0.2, 0) is 0 Å². The van der Waals surface area contributed by atoms with Crippen molar-refractivity contribution >= 4 is 16.9 Å². The lowest BCUT2D eigenvalue weighted by Gasteiger charge is -2.19. The molecule has 0 saturated carbocycles. The number of nitrogens with zero attached hydrogens (tertiary/aromatic N) is 3. The molecule has 0 saturated heterocycles. The van der Waals surface area contributed by atoms with Gasteiger partial charge in [-0.3, -0.25) is 4.79 Å². The zero-order valence-corrected chi connectivity index (χ0v) is 16.4. The van der Waals surface area contributed by atoms with E-state index >= 15 is 0 Å². The number of aromatic nitrogens is 4. The molecule has 1 amide bonds. The average molecular weight is 411 g/mol. The zero-order valence-electron chi connectivity index (χ0n) is 16.4. The van der Waals surface area contributed by atoms with Crippen LogP contribution >= 0.6 is 0 Å². The summed E-state index contributed by atoms with van der Waals surface area (Å²) in [7, 11) is 0. The van der Waals surface area contributed by atoms with Crippen molar-refractivity contribution in [2.24, 2.45) is 0 Å². The Morgan fingerprint density at radius 2 is 1.77 bits per heavy atom. The lowest BCUT2D eigenvalue weighted by atomic mass is 9.98. The second-order valence-electron chi connectivity index (χ2n) is 7.09. The molecule has 5 rings (SSSR count). The standard InChI is InChI=1S/C24H18FN5O/c25-18-8-4-5-9-22(18)30-13-12-20(29-30)24(31)28-23(16-6-2-1-3-7-16)17-10-11-19-21(14-17)27-15-26-19/h1-15,23H,(H,26,27)(H,28,31). The maximum Gasteiger partial charge on any atom is 0.272 e. The first-order valence-corrected chi connectivity index (χ1v) is 9.78. The lowest BCUT2D eigenvalue weighted by Crippen LogP contribution is -2.29. The van der Waals surface area contributed by atoms with Gasteiger partial charge in [0.25, 0.3) is 5.91 Å². The molecule has 0 bridgehead atoms. The summed E-state index contributed by atoms with van der Waals surface area (Å²) in [5.41, 5.74) is 4.06. The fourth-order valence-electron chi connectivity index (χ4n) is 3.56. The minimum absolute atomic E-state index is 0.201. The number of para-hydroxylation sites is 1. The molecule has 31 heavy (non-hydrogen) atoms. The summed E-state index contributed by atoms with van der Waals surface area (Å²) in [5.74, 6) is -0.763. The summed E-state index contributed by atoms with van der Waals surface area (Å²) < 4.78 is 15.4. The third-order valence-corrected chi connectivity index (χ3v) is 5.11. The highest BCUT2D eigenvalue weighted by Gasteiger charge is 2.20. The molecule has 0 aliphatic heterocycles.